The SMILES string of the molecule is Cc1cccc2c1OCC(CN1CCC(n3c(=S)[nH]c4ccccc43)CC1)O2. The minimum absolute atomic E-state index is 0.0844. The number of para-hydroxylation sites is 3. The lowest BCUT2D eigenvalue weighted by atomic mass is 10.0. The Kier molecular flexibility index (Phi) is 4.61. The van der Waals surface area contributed by atoms with Crippen molar-refractivity contribution < 1.29 is 9.47 Å². The quantitative estimate of drug-likeness (QED) is 0.664. The molecule has 28 heavy (non-hydrogen) atoms. The largest absolute Gasteiger partial charge is 0.486 e. The summed E-state index contributed by atoms with van der Waals surface area (Å²) in [4.78, 5) is 5.83. The molecule has 3 heterocycles. The summed E-state index contributed by atoms with van der Waals surface area (Å²) in [7, 11) is 0. The Morgan fingerprint density at radius 1 is 1.11 bits per heavy atom. The van der Waals surface area contributed by atoms with E-state index in [-0.39, 0.29) is 6.10 Å². The fourth-order valence-electron chi connectivity index (χ4n) is 4.47. The van der Waals surface area contributed by atoms with Crippen molar-refractivity contribution in [2.45, 2.75) is 31.9 Å². The Balaban J connectivity index is 1.23. The monoisotopic (exact) mass is 395 g/mol. The average molecular weight is 396 g/mol. The Morgan fingerprint density at radius 2 is 1.93 bits per heavy atom. The molecule has 1 saturated heterocycles. The van der Waals surface area contributed by atoms with Crippen LogP contribution in [-0.4, -0.2) is 46.8 Å². The molecule has 0 saturated carbocycles. The fourth-order valence-corrected chi connectivity index (χ4v) is 4.83. The molecule has 2 aliphatic heterocycles. The Hall–Kier alpha value is -2.31. The molecule has 1 fully saturated rings. The van der Waals surface area contributed by atoms with Gasteiger partial charge in [0, 0.05) is 25.7 Å². The number of nitrogens with zero attached hydrogens (tertiary/aromatic N) is 2. The van der Waals surface area contributed by atoms with Crippen LogP contribution in [0.2, 0.25) is 0 Å². The summed E-state index contributed by atoms with van der Waals surface area (Å²) in [6.45, 7) is 5.67. The topological polar surface area (TPSA) is 42.4 Å². The Morgan fingerprint density at radius 3 is 2.79 bits per heavy atom. The normalized spacial score (nSPS) is 20.5. The minimum Gasteiger partial charge on any atom is -0.486 e. The van der Waals surface area contributed by atoms with E-state index in [0.717, 1.165) is 59.8 Å². The van der Waals surface area contributed by atoms with Gasteiger partial charge in [0.25, 0.3) is 0 Å². The number of likely N-dealkylation sites (tertiary alicyclic amines) is 1. The van der Waals surface area contributed by atoms with Crippen LogP contribution in [0, 0.1) is 11.7 Å². The number of hydrogen-bond acceptors (Lipinski definition) is 4. The third-order valence-electron chi connectivity index (χ3n) is 5.89. The van der Waals surface area contributed by atoms with Gasteiger partial charge in [-0.3, -0.25) is 4.90 Å². The lowest BCUT2D eigenvalue weighted by Crippen LogP contribution is -2.44. The molecule has 2 aliphatic rings. The second-order valence-electron chi connectivity index (χ2n) is 7.80. The maximum absolute atomic E-state index is 6.20. The number of imidazole rings is 1. The number of aromatic amines is 1. The van der Waals surface area contributed by atoms with E-state index in [1.54, 1.807) is 0 Å². The molecule has 0 amide bonds. The molecule has 0 spiro atoms. The second kappa shape index (κ2) is 7.26. The van der Waals surface area contributed by atoms with E-state index in [9.17, 15) is 0 Å². The van der Waals surface area contributed by atoms with Gasteiger partial charge >= 0.3 is 0 Å². The van der Waals surface area contributed by atoms with E-state index in [0.29, 0.717) is 12.6 Å². The number of aryl methyl sites for hydroxylation is 1. The first-order valence-electron chi connectivity index (χ1n) is 10.00. The fraction of sp³-hybridized carbons (Fsp3) is 0.409. The van der Waals surface area contributed by atoms with Crippen LogP contribution in [0.3, 0.4) is 0 Å². The van der Waals surface area contributed by atoms with Crippen molar-refractivity contribution in [1.82, 2.24) is 14.5 Å². The van der Waals surface area contributed by atoms with Gasteiger partial charge in [-0.2, -0.15) is 0 Å². The summed E-state index contributed by atoms with van der Waals surface area (Å²) < 4.78 is 15.3. The van der Waals surface area contributed by atoms with Crippen LogP contribution >= 0.6 is 12.2 Å². The van der Waals surface area contributed by atoms with Crippen molar-refractivity contribution in [2.75, 3.05) is 26.2 Å². The standard InChI is InChI=1S/C22H25N3O2S/c1-15-5-4-8-20-21(15)26-14-17(27-20)13-24-11-9-16(10-12-24)25-19-7-3-2-6-18(19)23-22(25)28/h2-8,16-17H,9-14H2,1H3,(H,23,28). The van der Waals surface area contributed by atoms with Crippen LogP contribution in [0.1, 0.15) is 24.4 Å². The number of benzene rings is 2. The molecule has 2 aromatic carbocycles. The first-order valence-corrected chi connectivity index (χ1v) is 10.4. The van der Waals surface area contributed by atoms with E-state index < -0.39 is 0 Å². The second-order valence-corrected chi connectivity index (χ2v) is 8.19. The van der Waals surface area contributed by atoms with Gasteiger partial charge in [0.05, 0.1) is 11.0 Å². The lowest BCUT2D eigenvalue weighted by Gasteiger charge is -2.36. The van der Waals surface area contributed by atoms with Crippen molar-refractivity contribution in [3.05, 3.63) is 52.8 Å². The van der Waals surface area contributed by atoms with Crippen LogP contribution in [0.5, 0.6) is 11.5 Å². The van der Waals surface area contributed by atoms with Crippen molar-refractivity contribution in [3.63, 3.8) is 0 Å². The molecular formula is C22H25N3O2S. The van der Waals surface area contributed by atoms with E-state index in [2.05, 4.69) is 45.6 Å². The van der Waals surface area contributed by atoms with Gasteiger partial charge in [0.15, 0.2) is 16.3 Å². The molecule has 0 radical (unpaired) electrons. The van der Waals surface area contributed by atoms with E-state index in [4.69, 9.17) is 21.7 Å². The van der Waals surface area contributed by atoms with Gasteiger partial charge in [-0.25, -0.2) is 0 Å². The highest BCUT2D eigenvalue weighted by Gasteiger charge is 2.28. The molecule has 3 aromatic rings. The number of ether oxygens (including phenoxy) is 2. The van der Waals surface area contributed by atoms with Gasteiger partial charge in [-0.05, 0) is 55.7 Å². The van der Waals surface area contributed by atoms with Gasteiger partial charge in [0.1, 0.15) is 12.7 Å². The summed E-state index contributed by atoms with van der Waals surface area (Å²) in [5.74, 6) is 1.77. The predicted molar refractivity (Wildman–Crippen MR) is 113 cm³/mol. The first-order chi connectivity index (χ1) is 13.7. The number of rotatable bonds is 3. The number of fused-ring (bicyclic) bond motifs is 2. The summed E-state index contributed by atoms with van der Waals surface area (Å²) in [6, 6.07) is 14.9. The smallest absolute Gasteiger partial charge is 0.178 e. The average Bonchev–Trinajstić information content (AvgIpc) is 3.04. The summed E-state index contributed by atoms with van der Waals surface area (Å²) >= 11 is 5.60. The highest BCUT2D eigenvalue weighted by Crippen LogP contribution is 2.35. The highest BCUT2D eigenvalue weighted by molar-refractivity contribution is 7.71. The zero-order valence-electron chi connectivity index (χ0n) is 16.1. The van der Waals surface area contributed by atoms with Gasteiger partial charge in [0.2, 0.25) is 0 Å². The molecule has 146 valence electrons. The van der Waals surface area contributed by atoms with Crippen LogP contribution in [-0.2, 0) is 0 Å². The molecule has 0 bridgehead atoms. The van der Waals surface area contributed by atoms with Crippen LogP contribution in [0.25, 0.3) is 11.0 Å². The maximum atomic E-state index is 6.20. The molecule has 5 rings (SSSR count). The van der Waals surface area contributed by atoms with Crippen LogP contribution < -0.4 is 9.47 Å². The molecule has 1 atom stereocenters. The molecule has 6 heteroatoms. The number of H-pyrrole nitrogens is 1. The number of aromatic nitrogens is 2. The Labute approximate surface area is 169 Å². The number of piperidine rings is 1. The van der Waals surface area contributed by atoms with Crippen molar-refractivity contribution in [1.29, 1.82) is 0 Å². The van der Waals surface area contributed by atoms with Crippen LogP contribution in [0.15, 0.2) is 42.5 Å². The van der Waals surface area contributed by atoms with E-state index in [1.165, 1.54) is 5.52 Å². The minimum atomic E-state index is 0.0844. The van der Waals surface area contributed by atoms with Gasteiger partial charge in [-0.15, -0.1) is 0 Å². The first kappa shape index (κ1) is 17.8. The molecular weight excluding hydrogens is 370 g/mol. The van der Waals surface area contributed by atoms with E-state index in [1.807, 2.05) is 18.2 Å². The zero-order chi connectivity index (χ0) is 19.1. The molecule has 1 unspecified atom stereocenters. The zero-order valence-corrected chi connectivity index (χ0v) is 16.9. The Bertz CT molecular complexity index is 1050. The van der Waals surface area contributed by atoms with Crippen LogP contribution in [0.4, 0.5) is 0 Å². The number of nitrogens with one attached hydrogen (secondary N) is 1. The summed E-state index contributed by atoms with van der Waals surface area (Å²) in [5.41, 5.74) is 3.46. The molecule has 1 aromatic heterocycles. The van der Waals surface area contributed by atoms with Gasteiger partial charge < -0.3 is 19.0 Å². The molecule has 0 aliphatic carbocycles. The number of hydrogen-bond donors (Lipinski definition) is 1. The van der Waals surface area contributed by atoms with Gasteiger partial charge in [-0.1, -0.05) is 24.3 Å². The maximum Gasteiger partial charge on any atom is 0.178 e. The highest BCUT2D eigenvalue weighted by atomic mass is 32.1. The van der Waals surface area contributed by atoms with Crippen molar-refractivity contribution >= 4 is 23.3 Å². The molecule has 1 N–H and O–H groups in total. The third kappa shape index (κ3) is 3.20. The van der Waals surface area contributed by atoms with Crippen molar-refractivity contribution in [3.8, 4) is 11.5 Å². The summed E-state index contributed by atoms with van der Waals surface area (Å²) in [6.07, 6.45) is 2.28. The molecule has 5 nitrogen and oxygen atoms in total. The summed E-state index contributed by atoms with van der Waals surface area (Å²) in [5, 5.41) is 0. The lowest BCUT2D eigenvalue weighted by molar-refractivity contribution is 0.0482. The van der Waals surface area contributed by atoms with E-state index >= 15 is 0 Å². The van der Waals surface area contributed by atoms with Crippen molar-refractivity contribution in [2.24, 2.45) is 0 Å². The third-order valence-corrected chi connectivity index (χ3v) is 6.19. The predicted octanol–water partition coefficient (Wildman–Crippen LogP) is 4.48.